The number of hydrogen-bond donors (Lipinski definition) is 3. The van der Waals surface area contributed by atoms with Crippen molar-refractivity contribution in [3.63, 3.8) is 0 Å². The van der Waals surface area contributed by atoms with Gasteiger partial charge in [0.05, 0.1) is 6.54 Å². The minimum absolute atomic E-state index is 0.113. The highest BCUT2D eigenvalue weighted by Gasteiger charge is 2.35. The molecule has 0 bridgehead atoms. The van der Waals surface area contributed by atoms with Crippen molar-refractivity contribution in [3.05, 3.63) is 34.9 Å². The summed E-state index contributed by atoms with van der Waals surface area (Å²) in [5.41, 5.74) is 0.935. The normalized spacial score (nSPS) is 16.1. The lowest BCUT2D eigenvalue weighted by atomic mass is 9.88. The number of carbonyl (C=O) groups excluding carboxylic acids is 2. The van der Waals surface area contributed by atoms with Crippen molar-refractivity contribution in [2.45, 2.75) is 44.6 Å². The molecule has 0 spiro atoms. The maximum Gasteiger partial charge on any atom is 0.321 e. The average molecular weight is 338 g/mol. The van der Waals surface area contributed by atoms with Crippen LogP contribution in [0.5, 0.6) is 0 Å². The highest BCUT2D eigenvalue weighted by Crippen LogP contribution is 2.38. The Bertz CT molecular complexity index is 539. The predicted octanol–water partition coefficient (Wildman–Crippen LogP) is 2.93. The summed E-state index contributed by atoms with van der Waals surface area (Å²) in [7, 11) is 0. The first-order valence-electron chi connectivity index (χ1n) is 8.14. The van der Waals surface area contributed by atoms with Crippen LogP contribution in [0.15, 0.2) is 24.3 Å². The molecule has 126 valence electrons. The quantitative estimate of drug-likeness (QED) is 0.747. The van der Waals surface area contributed by atoms with Crippen LogP contribution in [-0.4, -0.2) is 25.0 Å². The SMILES string of the molecule is CCCNC(=O)NC(=O)CNC1(c2ccc(Cl)cc2)CCCC1. The maximum atomic E-state index is 11.9. The molecule has 0 heterocycles. The number of nitrogens with one attached hydrogen (secondary N) is 3. The molecule has 1 saturated carbocycles. The third-order valence-corrected chi connectivity index (χ3v) is 4.48. The van der Waals surface area contributed by atoms with Crippen LogP contribution >= 0.6 is 11.6 Å². The van der Waals surface area contributed by atoms with E-state index in [2.05, 4.69) is 16.0 Å². The van der Waals surface area contributed by atoms with Crippen molar-refractivity contribution in [2.24, 2.45) is 0 Å². The highest BCUT2D eigenvalue weighted by atomic mass is 35.5. The fourth-order valence-electron chi connectivity index (χ4n) is 3.02. The number of halogens is 1. The molecule has 2 rings (SSSR count). The fourth-order valence-corrected chi connectivity index (χ4v) is 3.14. The van der Waals surface area contributed by atoms with E-state index in [1.54, 1.807) is 0 Å². The molecule has 0 saturated heterocycles. The molecule has 0 atom stereocenters. The van der Waals surface area contributed by atoms with Crippen molar-refractivity contribution in [3.8, 4) is 0 Å². The van der Waals surface area contributed by atoms with Gasteiger partial charge >= 0.3 is 6.03 Å². The molecule has 3 amide bonds. The molecule has 23 heavy (non-hydrogen) atoms. The van der Waals surface area contributed by atoms with Gasteiger partial charge in [-0.1, -0.05) is 43.5 Å². The summed E-state index contributed by atoms with van der Waals surface area (Å²) in [6.07, 6.45) is 5.02. The Morgan fingerprint density at radius 1 is 1.17 bits per heavy atom. The molecule has 1 aromatic rings. The standard InChI is InChI=1S/C17H24ClN3O2/c1-2-11-19-16(23)21-15(22)12-20-17(9-3-4-10-17)13-5-7-14(18)8-6-13/h5-8,20H,2-4,9-12H2,1H3,(H2,19,21,22,23). The number of urea groups is 1. The third kappa shape index (κ3) is 4.94. The number of imide groups is 1. The summed E-state index contributed by atoms with van der Waals surface area (Å²) < 4.78 is 0. The van der Waals surface area contributed by atoms with Crippen LogP contribution in [0.3, 0.4) is 0 Å². The molecule has 6 heteroatoms. The first kappa shape index (κ1) is 17.8. The highest BCUT2D eigenvalue weighted by molar-refractivity contribution is 6.30. The summed E-state index contributed by atoms with van der Waals surface area (Å²) in [5.74, 6) is -0.321. The maximum absolute atomic E-state index is 11.9. The van der Waals surface area contributed by atoms with Crippen molar-refractivity contribution >= 4 is 23.5 Å². The van der Waals surface area contributed by atoms with Gasteiger partial charge in [-0.05, 0) is 37.0 Å². The van der Waals surface area contributed by atoms with Crippen LogP contribution in [0.1, 0.15) is 44.6 Å². The molecule has 1 aliphatic rings. The summed E-state index contributed by atoms with van der Waals surface area (Å²) in [4.78, 5) is 23.5. The second-order valence-electron chi connectivity index (χ2n) is 5.95. The summed E-state index contributed by atoms with van der Waals surface area (Å²) in [6.45, 7) is 2.63. The summed E-state index contributed by atoms with van der Waals surface area (Å²) >= 11 is 5.96. The monoisotopic (exact) mass is 337 g/mol. The Labute approximate surface area is 142 Å². The number of rotatable bonds is 6. The van der Waals surface area contributed by atoms with Gasteiger partial charge in [0.2, 0.25) is 5.91 Å². The molecule has 1 aromatic carbocycles. The minimum atomic E-state index is -0.439. The van der Waals surface area contributed by atoms with Gasteiger partial charge in [-0.15, -0.1) is 0 Å². The lowest BCUT2D eigenvalue weighted by Gasteiger charge is -2.31. The van der Waals surface area contributed by atoms with Crippen LogP contribution in [0.2, 0.25) is 5.02 Å². The lowest BCUT2D eigenvalue weighted by molar-refractivity contribution is -0.119. The Hall–Kier alpha value is -1.59. The number of carbonyl (C=O) groups is 2. The van der Waals surface area contributed by atoms with Gasteiger partial charge in [0.25, 0.3) is 0 Å². The van der Waals surface area contributed by atoms with E-state index in [0.717, 1.165) is 37.7 Å². The van der Waals surface area contributed by atoms with Gasteiger partial charge in [-0.3, -0.25) is 15.4 Å². The Balaban J connectivity index is 1.94. The van der Waals surface area contributed by atoms with E-state index in [4.69, 9.17) is 11.6 Å². The van der Waals surface area contributed by atoms with Crippen LogP contribution in [0.25, 0.3) is 0 Å². The zero-order valence-electron chi connectivity index (χ0n) is 13.5. The van der Waals surface area contributed by atoms with Gasteiger partial charge in [-0.25, -0.2) is 4.79 Å². The number of amides is 3. The van der Waals surface area contributed by atoms with E-state index in [1.807, 2.05) is 31.2 Å². The van der Waals surface area contributed by atoms with Crippen LogP contribution in [0.4, 0.5) is 4.79 Å². The number of hydrogen-bond acceptors (Lipinski definition) is 3. The zero-order chi connectivity index (χ0) is 16.7. The summed E-state index contributed by atoms with van der Waals surface area (Å²) in [5, 5.41) is 9.03. The largest absolute Gasteiger partial charge is 0.338 e. The van der Waals surface area contributed by atoms with E-state index in [1.165, 1.54) is 0 Å². The van der Waals surface area contributed by atoms with E-state index < -0.39 is 6.03 Å². The lowest BCUT2D eigenvalue weighted by Crippen LogP contribution is -2.48. The second-order valence-corrected chi connectivity index (χ2v) is 6.39. The molecule has 0 unspecified atom stereocenters. The van der Waals surface area contributed by atoms with Gasteiger partial charge < -0.3 is 5.32 Å². The van der Waals surface area contributed by atoms with E-state index in [-0.39, 0.29) is 18.0 Å². The topological polar surface area (TPSA) is 70.2 Å². The Kier molecular flexibility index (Phi) is 6.42. The molecule has 0 radical (unpaired) electrons. The van der Waals surface area contributed by atoms with Gasteiger partial charge in [0.15, 0.2) is 0 Å². The molecule has 0 aliphatic heterocycles. The first-order chi connectivity index (χ1) is 11.1. The van der Waals surface area contributed by atoms with Gasteiger partial charge in [-0.2, -0.15) is 0 Å². The average Bonchev–Trinajstić information content (AvgIpc) is 3.02. The molecule has 3 N–H and O–H groups in total. The summed E-state index contributed by atoms with van der Waals surface area (Å²) in [6, 6.07) is 7.32. The van der Waals surface area contributed by atoms with E-state index in [0.29, 0.717) is 11.6 Å². The van der Waals surface area contributed by atoms with Gasteiger partial charge in [0, 0.05) is 17.1 Å². The van der Waals surface area contributed by atoms with Gasteiger partial charge in [0.1, 0.15) is 0 Å². The molecular formula is C17H24ClN3O2. The molecule has 0 aromatic heterocycles. The second kappa shape index (κ2) is 8.31. The van der Waals surface area contributed by atoms with E-state index >= 15 is 0 Å². The van der Waals surface area contributed by atoms with Crippen LogP contribution in [-0.2, 0) is 10.3 Å². The Morgan fingerprint density at radius 3 is 2.43 bits per heavy atom. The van der Waals surface area contributed by atoms with E-state index in [9.17, 15) is 9.59 Å². The van der Waals surface area contributed by atoms with Crippen molar-refractivity contribution < 1.29 is 9.59 Å². The number of benzene rings is 1. The first-order valence-corrected chi connectivity index (χ1v) is 8.52. The van der Waals surface area contributed by atoms with Crippen LogP contribution < -0.4 is 16.0 Å². The molecule has 1 fully saturated rings. The predicted molar refractivity (Wildman–Crippen MR) is 91.4 cm³/mol. The van der Waals surface area contributed by atoms with Crippen molar-refractivity contribution in [1.29, 1.82) is 0 Å². The smallest absolute Gasteiger partial charge is 0.321 e. The van der Waals surface area contributed by atoms with Crippen molar-refractivity contribution in [2.75, 3.05) is 13.1 Å². The zero-order valence-corrected chi connectivity index (χ0v) is 14.2. The van der Waals surface area contributed by atoms with Crippen LogP contribution in [0, 0.1) is 0 Å². The molecule has 5 nitrogen and oxygen atoms in total. The molecular weight excluding hydrogens is 314 g/mol. The molecule has 1 aliphatic carbocycles. The van der Waals surface area contributed by atoms with Crippen molar-refractivity contribution in [1.82, 2.24) is 16.0 Å². The fraction of sp³-hybridized carbons (Fsp3) is 0.529. The Morgan fingerprint density at radius 2 is 1.83 bits per heavy atom. The minimum Gasteiger partial charge on any atom is -0.338 e. The third-order valence-electron chi connectivity index (χ3n) is 4.23.